The monoisotopic (exact) mass is 510 g/mol. The number of fused-ring (bicyclic) bond motifs is 1. The molecule has 0 unspecified atom stereocenters. The fourth-order valence-electron chi connectivity index (χ4n) is 4.04. The molecule has 0 bridgehead atoms. The predicted molar refractivity (Wildman–Crippen MR) is 134 cm³/mol. The second kappa shape index (κ2) is 12.4. The van der Waals surface area contributed by atoms with Crippen LogP contribution in [0.15, 0.2) is 59.0 Å². The van der Waals surface area contributed by atoms with Crippen molar-refractivity contribution in [3.05, 3.63) is 83.1 Å². The molecule has 2 amide bonds. The summed E-state index contributed by atoms with van der Waals surface area (Å²) < 4.78 is 35.4. The maximum absolute atomic E-state index is 13.6. The summed E-state index contributed by atoms with van der Waals surface area (Å²) in [5, 5.41) is 0. The highest BCUT2D eigenvalue weighted by Crippen LogP contribution is 2.33. The second-order valence-electron chi connectivity index (χ2n) is 8.73. The number of carbonyl (C=O) groups excluding carboxylic acids is 2. The molecule has 196 valence electrons. The lowest BCUT2D eigenvalue weighted by atomic mass is 10.1. The number of hydrogen-bond acceptors (Lipinski definition) is 6. The van der Waals surface area contributed by atoms with E-state index in [-0.39, 0.29) is 38.2 Å². The van der Waals surface area contributed by atoms with E-state index in [0.29, 0.717) is 49.0 Å². The van der Waals surface area contributed by atoms with Crippen molar-refractivity contribution in [2.75, 3.05) is 33.1 Å². The van der Waals surface area contributed by atoms with E-state index >= 15 is 0 Å². The Bertz CT molecular complexity index is 1210. The molecule has 1 aromatic heterocycles. The number of furan rings is 1. The van der Waals surface area contributed by atoms with E-state index in [2.05, 4.69) is 0 Å². The lowest BCUT2D eigenvalue weighted by molar-refractivity contribution is -0.133. The summed E-state index contributed by atoms with van der Waals surface area (Å²) in [6, 6.07) is 14.5. The molecule has 0 aliphatic carbocycles. The molecular weight excluding hydrogens is 479 g/mol. The fourth-order valence-corrected chi connectivity index (χ4v) is 4.04. The molecule has 8 nitrogen and oxygen atoms in total. The van der Waals surface area contributed by atoms with Crippen molar-refractivity contribution in [2.24, 2.45) is 0 Å². The zero-order chi connectivity index (χ0) is 26.2. The third-order valence-corrected chi connectivity index (χ3v) is 5.93. The minimum atomic E-state index is -0.431. The average Bonchev–Trinajstić information content (AvgIpc) is 3.53. The molecule has 2 heterocycles. The summed E-state index contributed by atoms with van der Waals surface area (Å²) in [6.45, 7) is 5.62. The van der Waals surface area contributed by atoms with Crippen LogP contribution in [-0.2, 0) is 22.6 Å². The van der Waals surface area contributed by atoms with Gasteiger partial charge < -0.3 is 28.4 Å². The predicted octanol–water partition coefficient (Wildman–Crippen LogP) is 4.55. The lowest BCUT2D eigenvalue weighted by Gasteiger charge is -2.27. The largest absolute Gasteiger partial charge is 0.464 e. The second-order valence-corrected chi connectivity index (χ2v) is 8.73. The van der Waals surface area contributed by atoms with E-state index in [0.717, 1.165) is 11.3 Å². The van der Waals surface area contributed by atoms with E-state index < -0.39 is 5.82 Å². The maximum atomic E-state index is 13.6. The van der Waals surface area contributed by atoms with Crippen LogP contribution in [0, 0.1) is 12.7 Å². The first kappa shape index (κ1) is 26.2. The number of nitrogens with zero attached hydrogens (tertiary/aromatic N) is 2. The van der Waals surface area contributed by atoms with Gasteiger partial charge in [-0.05, 0) is 74.4 Å². The summed E-state index contributed by atoms with van der Waals surface area (Å²) in [7, 11) is 0. The number of halogens is 1. The number of ether oxygens (including phenoxy) is 3. The van der Waals surface area contributed by atoms with Gasteiger partial charge in [0.25, 0.3) is 5.91 Å². The molecular formula is C28H31FN2O6. The van der Waals surface area contributed by atoms with Gasteiger partial charge in [-0.25, -0.2) is 4.39 Å². The molecule has 1 aliphatic rings. The van der Waals surface area contributed by atoms with Crippen LogP contribution in [0.4, 0.5) is 4.39 Å². The van der Waals surface area contributed by atoms with Crippen LogP contribution in [0.1, 0.15) is 40.8 Å². The highest BCUT2D eigenvalue weighted by Gasteiger charge is 2.24. The van der Waals surface area contributed by atoms with Gasteiger partial charge in [0, 0.05) is 31.9 Å². The Morgan fingerprint density at radius 2 is 1.76 bits per heavy atom. The SMILES string of the molecule is CCOCCCN(CC(=O)N(Cc1ccc2c(c1)OCO2)Cc1ccc(C)o1)C(=O)c1ccc(F)cc1. The summed E-state index contributed by atoms with van der Waals surface area (Å²) >= 11 is 0. The van der Waals surface area contributed by atoms with Gasteiger partial charge in [0.05, 0.1) is 6.54 Å². The standard InChI is InChI=1S/C28H31FN2O6/c1-3-34-14-4-13-30(28(33)22-7-9-23(29)10-8-22)18-27(32)31(17-24-11-5-20(2)37-24)16-21-6-12-25-26(15-21)36-19-35-25/h5-12,15H,3-4,13-14,16-19H2,1-2H3. The first-order valence-corrected chi connectivity index (χ1v) is 12.3. The van der Waals surface area contributed by atoms with Gasteiger partial charge in [-0.3, -0.25) is 9.59 Å². The Morgan fingerprint density at radius 1 is 0.973 bits per heavy atom. The molecule has 4 rings (SSSR count). The number of amides is 2. The number of aryl methyl sites for hydroxylation is 1. The van der Waals surface area contributed by atoms with Crippen LogP contribution in [0.5, 0.6) is 11.5 Å². The highest BCUT2D eigenvalue weighted by atomic mass is 19.1. The van der Waals surface area contributed by atoms with Crippen molar-refractivity contribution in [1.82, 2.24) is 9.80 Å². The number of carbonyl (C=O) groups is 2. The minimum absolute atomic E-state index is 0.146. The number of rotatable bonds is 12. The van der Waals surface area contributed by atoms with Gasteiger partial charge in [-0.2, -0.15) is 0 Å². The topological polar surface area (TPSA) is 81.5 Å². The Balaban J connectivity index is 1.53. The molecule has 0 saturated heterocycles. The smallest absolute Gasteiger partial charge is 0.254 e. The molecule has 37 heavy (non-hydrogen) atoms. The first-order chi connectivity index (χ1) is 17.9. The molecule has 0 fully saturated rings. The Hall–Kier alpha value is -3.85. The van der Waals surface area contributed by atoms with Crippen LogP contribution in [-0.4, -0.2) is 54.7 Å². The molecule has 2 aromatic carbocycles. The van der Waals surface area contributed by atoms with Gasteiger partial charge >= 0.3 is 0 Å². The molecule has 9 heteroatoms. The van der Waals surface area contributed by atoms with Crippen molar-refractivity contribution in [3.8, 4) is 11.5 Å². The van der Waals surface area contributed by atoms with Crippen molar-refractivity contribution < 1.29 is 32.6 Å². The van der Waals surface area contributed by atoms with E-state index in [1.807, 2.05) is 44.2 Å². The van der Waals surface area contributed by atoms with Gasteiger partial charge in [0.15, 0.2) is 11.5 Å². The van der Waals surface area contributed by atoms with Gasteiger partial charge in [0.2, 0.25) is 12.7 Å². The Labute approximate surface area is 215 Å². The summed E-state index contributed by atoms with van der Waals surface area (Å²) in [5.74, 6) is 1.64. The van der Waals surface area contributed by atoms with Gasteiger partial charge in [0.1, 0.15) is 23.9 Å². The Kier molecular flexibility index (Phi) is 8.79. The van der Waals surface area contributed by atoms with Crippen molar-refractivity contribution in [3.63, 3.8) is 0 Å². The van der Waals surface area contributed by atoms with Crippen LogP contribution in [0.25, 0.3) is 0 Å². The third kappa shape index (κ3) is 7.10. The minimum Gasteiger partial charge on any atom is -0.464 e. The molecule has 0 N–H and O–H groups in total. The highest BCUT2D eigenvalue weighted by molar-refractivity contribution is 5.96. The van der Waals surface area contributed by atoms with Crippen molar-refractivity contribution in [2.45, 2.75) is 33.4 Å². The molecule has 3 aromatic rings. The quantitative estimate of drug-likeness (QED) is 0.333. The molecule has 1 aliphatic heterocycles. The third-order valence-electron chi connectivity index (χ3n) is 5.93. The van der Waals surface area contributed by atoms with E-state index in [1.54, 1.807) is 4.90 Å². The number of hydrogen-bond donors (Lipinski definition) is 0. The normalized spacial score (nSPS) is 12.0. The van der Waals surface area contributed by atoms with Crippen molar-refractivity contribution >= 4 is 11.8 Å². The zero-order valence-corrected chi connectivity index (χ0v) is 21.1. The first-order valence-electron chi connectivity index (χ1n) is 12.3. The van der Waals surface area contributed by atoms with E-state index in [1.165, 1.54) is 29.2 Å². The van der Waals surface area contributed by atoms with Crippen molar-refractivity contribution in [1.29, 1.82) is 0 Å². The molecule has 0 saturated carbocycles. The van der Waals surface area contributed by atoms with E-state index in [4.69, 9.17) is 18.6 Å². The van der Waals surface area contributed by atoms with Crippen LogP contribution >= 0.6 is 0 Å². The summed E-state index contributed by atoms with van der Waals surface area (Å²) in [5.41, 5.74) is 1.17. The average molecular weight is 511 g/mol. The Morgan fingerprint density at radius 3 is 2.49 bits per heavy atom. The van der Waals surface area contributed by atoms with Crippen LogP contribution in [0.3, 0.4) is 0 Å². The molecule has 0 radical (unpaired) electrons. The molecule has 0 atom stereocenters. The maximum Gasteiger partial charge on any atom is 0.254 e. The van der Waals surface area contributed by atoms with Gasteiger partial charge in [-0.15, -0.1) is 0 Å². The summed E-state index contributed by atoms with van der Waals surface area (Å²) in [6.07, 6.45) is 0.563. The number of benzene rings is 2. The van der Waals surface area contributed by atoms with E-state index in [9.17, 15) is 14.0 Å². The van der Waals surface area contributed by atoms with Crippen LogP contribution in [0.2, 0.25) is 0 Å². The van der Waals surface area contributed by atoms with Gasteiger partial charge in [-0.1, -0.05) is 6.07 Å². The zero-order valence-electron chi connectivity index (χ0n) is 21.1. The lowest BCUT2D eigenvalue weighted by Crippen LogP contribution is -2.43. The van der Waals surface area contributed by atoms with Crippen LogP contribution < -0.4 is 9.47 Å². The fraction of sp³-hybridized carbons (Fsp3) is 0.357. The summed E-state index contributed by atoms with van der Waals surface area (Å²) in [4.78, 5) is 30.0. The molecule has 0 spiro atoms.